The quantitative estimate of drug-likeness (QED) is 0.595. The topological polar surface area (TPSA) is 88.8 Å². The number of aromatic nitrogens is 3. The summed E-state index contributed by atoms with van der Waals surface area (Å²) in [5, 5.41) is 7.39. The minimum absolute atomic E-state index is 0.310. The summed E-state index contributed by atoms with van der Waals surface area (Å²) in [4.78, 5) is 12.4. The first-order chi connectivity index (χ1) is 11.5. The van der Waals surface area contributed by atoms with Crippen molar-refractivity contribution >= 4 is 63.6 Å². The lowest BCUT2D eigenvalue weighted by atomic mass is 10.3. The highest BCUT2D eigenvalue weighted by Gasteiger charge is 2.11. The molecule has 0 spiro atoms. The van der Waals surface area contributed by atoms with Crippen LogP contribution in [0.25, 0.3) is 0 Å². The van der Waals surface area contributed by atoms with Gasteiger partial charge in [0, 0.05) is 6.20 Å². The predicted molar refractivity (Wildman–Crippen MR) is 98.7 cm³/mol. The van der Waals surface area contributed by atoms with Crippen LogP contribution < -0.4 is 16.4 Å². The molecule has 0 bridgehead atoms. The number of pyridine rings is 1. The molecule has 0 unspecified atom stereocenters. The minimum Gasteiger partial charge on any atom is -0.393 e. The van der Waals surface area contributed by atoms with Crippen LogP contribution in [0.15, 0.2) is 42.9 Å². The molecule has 0 radical (unpaired) electrons. The number of hydrogen-bond donors (Lipinski definition) is 3. The van der Waals surface area contributed by atoms with Crippen LogP contribution in [0.4, 0.5) is 28.8 Å². The molecule has 9 heteroatoms. The average molecular weight is 382 g/mol. The van der Waals surface area contributed by atoms with E-state index in [9.17, 15) is 0 Å². The molecule has 3 aromatic rings. The van der Waals surface area contributed by atoms with Crippen LogP contribution in [0.1, 0.15) is 0 Å². The number of halogens is 3. The van der Waals surface area contributed by atoms with Crippen molar-refractivity contribution in [1.29, 1.82) is 0 Å². The fourth-order valence-electron chi connectivity index (χ4n) is 1.89. The second-order valence-electron chi connectivity index (χ2n) is 4.70. The summed E-state index contributed by atoms with van der Waals surface area (Å²) in [7, 11) is 0. The van der Waals surface area contributed by atoms with E-state index in [1.54, 1.807) is 30.3 Å². The third-order valence-electron chi connectivity index (χ3n) is 3.06. The molecule has 0 aliphatic carbocycles. The lowest BCUT2D eigenvalue weighted by molar-refractivity contribution is 1.16. The van der Waals surface area contributed by atoms with Gasteiger partial charge in [0.15, 0.2) is 11.6 Å². The third kappa shape index (κ3) is 3.62. The number of benzene rings is 1. The second kappa shape index (κ2) is 7.09. The predicted octanol–water partition coefficient (Wildman–Crippen LogP) is 4.90. The first kappa shape index (κ1) is 16.6. The van der Waals surface area contributed by atoms with Crippen LogP contribution in [0.5, 0.6) is 0 Å². The highest BCUT2D eigenvalue weighted by Crippen LogP contribution is 2.34. The zero-order valence-corrected chi connectivity index (χ0v) is 14.4. The van der Waals surface area contributed by atoms with Crippen molar-refractivity contribution in [3.05, 3.63) is 57.9 Å². The molecular weight excluding hydrogens is 371 g/mol. The van der Waals surface area contributed by atoms with Crippen LogP contribution in [-0.2, 0) is 0 Å². The van der Waals surface area contributed by atoms with Gasteiger partial charge in [0.1, 0.15) is 17.8 Å². The van der Waals surface area contributed by atoms with Gasteiger partial charge >= 0.3 is 0 Å². The van der Waals surface area contributed by atoms with Gasteiger partial charge in [-0.05, 0) is 24.3 Å². The Morgan fingerprint density at radius 1 is 0.875 bits per heavy atom. The van der Waals surface area contributed by atoms with E-state index in [-0.39, 0.29) is 0 Å². The highest BCUT2D eigenvalue weighted by atomic mass is 35.5. The molecule has 0 aliphatic heterocycles. The SMILES string of the molecule is Nc1c(Nc2ccc(Cl)cn2)ncnc1Nc1cccc(Cl)c1Cl. The van der Waals surface area contributed by atoms with E-state index >= 15 is 0 Å². The fraction of sp³-hybridized carbons (Fsp3) is 0. The van der Waals surface area contributed by atoms with Crippen molar-refractivity contribution in [3.8, 4) is 0 Å². The summed E-state index contributed by atoms with van der Waals surface area (Å²) in [6, 6.07) is 8.65. The lowest BCUT2D eigenvalue weighted by Gasteiger charge is -2.13. The van der Waals surface area contributed by atoms with Gasteiger partial charge in [0.05, 0.1) is 20.8 Å². The minimum atomic E-state index is 0.310. The van der Waals surface area contributed by atoms with E-state index in [1.807, 2.05) is 0 Å². The van der Waals surface area contributed by atoms with Crippen LogP contribution in [-0.4, -0.2) is 15.0 Å². The Morgan fingerprint density at radius 3 is 2.33 bits per heavy atom. The van der Waals surface area contributed by atoms with Crippen molar-refractivity contribution in [2.45, 2.75) is 0 Å². The van der Waals surface area contributed by atoms with Crippen molar-refractivity contribution in [2.24, 2.45) is 0 Å². The van der Waals surface area contributed by atoms with Crippen molar-refractivity contribution in [3.63, 3.8) is 0 Å². The number of anilines is 5. The number of nitrogens with two attached hydrogens (primary N) is 1. The first-order valence-corrected chi connectivity index (χ1v) is 7.88. The molecule has 1 aromatic carbocycles. The van der Waals surface area contributed by atoms with Gasteiger partial charge in [-0.1, -0.05) is 40.9 Å². The Labute approximate surface area is 153 Å². The van der Waals surface area contributed by atoms with Crippen LogP contribution in [0.2, 0.25) is 15.1 Å². The molecule has 4 N–H and O–H groups in total. The molecule has 0 saturated heterocycles. The van der Waals surface area contributed by atoms with Crippen molar-refractivity contribution < 1.29 is 0 Å². The van der Waals surface area contributed by atoms with Gasteiger partial charge in [-0.25, -0.2) is 15.0 Å². The Kier molecular flexibility index (Phi) is 4.89. The van der Waals surface area contributed by atoms with E-state index in [0.717, 1.165) is 0 Å². The molecule has 0 atom stereocenters. The zero-order chi connectivity index (χ0) is 17.1. The summed E-state index contributed by atoms with van der Waals surface area (Å²) >= 11 is 18.0. The van der Waals surface area contributed by atoms with Gasteiger partial charge in [-0.3, -0.25) is 0 Å². The monoisotopic (exact) mass is 380 g/mol. The zero-order valence-electron chi connectivity index (χ0n) is 12.1. The van der Waals surface area contributed by atoms with Gasteiger partial charge in [-0.15, -0.1) is 0 Å². The first-order valence-electron chi connectivity index (χ1n) is 6.74. The normalized spacial score (nSPS) is 10.5. The van der Waals surface area contributed by atoms with Gasteiger partial charge < -0.3 is 16.4 Å². The fourth-order valence-corrected chi connectivity index (χ4v) is 2.35. The van der Waals surface area contributed by atoms with Crippen LogP contribution in [0, 0.1) is 0 Å². The molecule has 0 saturated carbocycles. The number of nitrogens with zero attached hydrogens (tertiary/aromatic N) is 3. The maximum absolute atomic E-state index is 6.16. The molecule has 0 amide bonds. The standard InChI is InChI=1S/C15H11Cl3N6/c16-8-4-5-11(20-6-8)24-15-13(19)14(21-7-22-15)23-10-3-1-2-9(17)12(10)18/h1-7H,19H2,(H2,20,21,22,23,24). The molecule has 0 aliphatic rings. The number of nitrogen functional groups attached to an aromatic ring is 1. The Hall–Kier alpha value is -2.28. The molecular formula is C15H11Cl3N6. The average Bonchev–Trinajstić information content (AvgIpc) is 2.57. The molecule has 6 nitrogen and oxygen atoms in total. The lowest BCUT2D eigenvalue weighted by Crippen LogP contribution is -2.06. The van der Waals surface area contributed by atoms with E-state index in [4.69, 9.17) is 40.5 Å². The molecule has 0 fully saturated rings. The summed E-state index contributed by atoms with van der Waals surface area (Å²) < 4.78 is 0. The summed E-state index contributed by atoms with van der Waals surface area (Å²) in [5.41, 5.74) is 7.02. The smallest absolute Gasteiger partial charge is 0.160 e. The number of rotatable bonds is 4. The van der Waals surface area contributed by atoms with Crippen LogP contribution >= 0.6 is 34.8 Å². The Morgan fingerprint density at radius 2 is 1.62 bits per heavy atom. The number of hydrogen-bond acceptors (Lipinski definition) is 6. The molecule has 2 aromatic heterocycles. The van der Waals surface area contributed by atoms with Crippen LogP contribution in [0.3, 0.4) is 0 Å². The maximum Gasteiger partial charge on any atom is 0.160 e. The Balaban J connectivity index is 1.88. The Bertz CT molecular complexity index is 870. The summed E-state index contributed by atoms with van der Waals surface area (Å²) in [6.45, 7) is 0. The van der Waals surface area contributed by atoms with E-state index in [0.29, 0.717) is 43.9 Å². The molecule has 24 heavy (non-hydrogen) atoms. The second-order valence-corrected chi connectivity index (χ2v) is 5.92. The molecule has 3 rings (SSSR count). The van der Waals surface area contributed by atoms with Gasteiger partial charge in [0.25, 0.3) is 0 Å². The summed E-state index contributed by atoms with van der Waals surface area (Å²) in [5.74, 6) is 1.35. The maximum atomic E-state index is 6.16. The van der Waals surface area contributed by atoms with Crippen molar-refractivity contribution in [1.82, 2.24) is 15.0 Å². The van der Waals surface area contributed by atoms with E-state index < -0.39 is 0 Å². The van der Waals surface area contributed by atoms with Gasteiger partial charge in [-0.2, -0.15) is 0 Å². The van der Waals surface area contributed by atoms with E-state index in [1.165, 1.54) is 12.5 Å². The van der Waals surface area contributed by atoms with Gasteiger partial charge in [0.2, 0.25) is 0 Å². The molecule has 122 valence electrons. The number of nitrogens with one attached hydrogen (secondary N) is 2. The van der Waals surface area contributed by atoms with Crippen molar-refractivity contribution in [2.75, 3.05) is 16.4 Å². The van der Waals surface area contributed by atoms with E-state index in [2.05, 4.69) is 25.6 Å². The largest absolute Gasteiger partial charge is 0.393 e. The summed E-state index contributed by atoms with van der Waals surface area (Å²) in [6.07, 6.45) is 2.89. The molecule has 2 heterocycles. The third-order valence-corrected chi connectivity index (χ3v) is 4.10. The highest BCUT2D eigenvalue weighted by molar-refractivity contribution is 6.43.